The molecule has 2 heteroatoms. The molecule has 0 saturated heterocycles. The first kappa shape index (κ1) is 11.2. The van der Waals surface area contributed by atoms with Crippen molar-refractivity contribution in [3.63, 3.8) is 0 Å². The molecule has 0 bridgehead atoms. The monoisotopic (exact) mass is 194 g/mol. The standard InChI is InChI=1S/C12H18O2/c1-10(2)9-14-12(8-13)11-6-4-3-5-7-11/h3-7,10,12-13H,8-9H2,1-2H3/t12-/m1/s1. The zero-order valence-corrected chi connectivity index (χ0v) is 8.81. The third-order valence-electron chi connectivity index (χ3n) is 1.97. The van der Waals surface area contributed by atoms with Crippen molar-refractivity contribution in [2.75, 3.05) is 13.2 Å². The molecule has 0 aliphatic rings. The van der Waals surface area contributed by atoms with Crippen molar-refractivity contribution < 1.29 is 9.84 Å². The fourth-order valence-electron chi connectivity index (χ4n) is 1.23. The minimum atomic E-state index is -0.182. The highest BCUT2D eigenvalue weighted by molar-refractivity contribution is 5.17. The first-order chi connectivity index (χ1) is 6.74. The van der Waals surface area contributed by atoms with Crippen LogP contribution in [0.15, 0.2) is 30.3 Å². The molecule has 1 N–H and O–H groups in total. The van der Waals surface area contributed by atoms with Crippen molar-refractivity contribution in [1.82, 2.24) is 0 Å². The van der Waals surface area contributed by atoms with Crippen LogP contribution in [0, 0.1) is 5.92 Å². The molecular weight excluding hydrogens is 176 g/mol. The van der Waals surface area contributed by atoms with Gasteiger partial charge in [-0.05, 0) is 11.5 Å². The Hall–Kier alpha value is -0.860. The van der Waals surface area contributed by atoms with Crippen LogP contribution in [-0.4, -0.2) is 18.3 Å². The second-order valence-corrected chi connectivity index (χ2v) is 3.81. The Labute approximate surface area is 85.5 Å². The number of hydrogen-bond acceptors (Lipinski definition) is 2. The predicted molar refractivity (Wildman–Crippen MR) is 57.1 cm³/mol. The van der Waals surface area contributed by atoms with Crippen molar-refractivity contribution in [3.8, 4) is 0 Å². The van der Waals surface area contributed by atoms with Gasteiger partial charge in [0.15, 0.2) is 0 Å². The van der Waals surface area contributed by atoms with E-state index in [4.69, 9.17) is 9.84 Å². The van der Waals surface area contributed by atoms with Gasteiger partial charge in [0.05, 0.1) is 6.61 Å². The van der Waals surface area contributed by atoms with Gasteiger partial charge in [-0.25, -0.2) is 0 Å². The number of benzene rings is 1. The van der Waals surface area contributed by atoms with Crippen LogP contribution >= 0.6 is 0 Å². The van der Waals surface area contributed by atoms with E-state index in [1.165, 1.54) is 0 Å². The number of hydrogen-bond donors (Lipinski definition) is 1. The molecule has 1 atom stereocenters. The van der Waals surface area contributed by atoms with Gasteiger partial charge in [-0.15, -0.1) is 0 Å². The van der Waals surface area contributed by atoms with Gasteiger partial charge in [0, 0.05) is 6.61 Å². The van der Waals surface area contributed by atoms with Gasteiger partial charge in [-0.2, -0.15) is 0 Å². The van der Waals surface area contributed by atoms with Gasteiger partial charge in [-0.3, -0.25) is 0 Å². The Balaban J connectivity index is 2.54. The minimum Gasteiger partial charge on any atom is -0.393 e. The highest BCUT2D eigenvalue weighted by Crippen LogP contribution is 2.16. The van der Waals surface area contributed by atoms with E-state index >= 15 is 0 Å². The summed E-state index contributed by atoms with van der Waals surface area (Å²) in [4.78, 5) is 0. The van der Waals surface area contributed by atoms with Crippen LogP contribution in [0.25, 0.3) is 0 Å². The van der Waals surface area contributed by atoms with Gasteiger partial charge in [-0.1, -0.05) is 44.2 Å². The summed E-state index contributed by atoms with van der Waals surface area (Å²) in [5, 5.41) is 9.17. The van der Waals surface area contributed by atoms with Gasteiger partial charge < -0.3 is 9.84 Å². The first-order valence-electron chi connectivity index (χ1n) is 5.01. The SMILES string of the molecule is CC(C)CO[C@H](CO)c1ccccc1. The van der Waals surface area contributed by atoms with Gasteiger partial charge >= 0.3 is 0 Å². The van der Waals surface area contributed by atoms with Crippen LogP contribution in [0.4, 0.5) is 0 Å². The summed E-state index contributed by atoms with van der Waals surface area (Å²) in [7, 11) is 0. The van der Waals surface area contributed by atoms with Crippen molar-refractivity contribution in [2.24, 2.45) is 5.92 Å². The molecule has 0 amide bonds. The maximum atomic E-state index is 9.17. The average molecular weight is 194 g/mol. The van der Waals surface area contributed by atoms with E-state index in [1.54, 1.807) is 0 Å². The second kappa shape index (κ2) is 5.78. The maximum absolute atomic E-state index is 9.17. The molecule has 0 unspecified atom stereocenters. The molecule has 0 aliphatic heterocycles. The largest absolute Gasteiger partial charge is 0.393 e. The smallest absolute Gasteiger partial charge is 0.106 e. The predicted octanol–water partition coefficient (Wildman–Crippen LogP) is 2.39. The van der Waals surface area contributed by atoms with Crippen molar-refractivity contribution in [1.29, 1.82) is 0 Å². The van der Waals surface area contributed by atoms with E-state index in [-0.39, 0.29) is 12.7 Å². The summed E-state index contributed by atoms with van der Waals surface area (Å²) in [6.45, 7) is 4.91. The molecule has 0 radical (unpaired) electrons. The molecule has 0 saturated carbocycles. The van der Waals surface area contributed by atoms with E-state index < -0.39 is 0 Å². The Morgan fingerprint density at radius 1 is 1.21 bits per heavy atom. The molecule has 0 fully saturated rings. The molecule has 78 valence electrons. The van der Waals surface area contributed by atoms with Gasteiger partial charge in [0.25, 0.3) is 0 Å². The third-order valence-corrected chi connectivity index (χ3v) is 1.97. The second-order valence-electron chi connectivity index (χ2n) is 3.81. The maximum Gasteiger partial charge on any atom is 0.106 e. The van der Waals surface area contributed by atoms with Gasteiger partial charge in [0.1, 0.15) is 6.10 Å². The van der Waals surface area contributed by atoms with Crippen LogP contribution in [0.5, 0.6) is 0 Å². The molecule has 0 heterocycles. The topological polar surface area (TPSA) is 29.5 Å². The summed E-state index contributed by atoms with van der Waals surface area (Å²) in [6.07, 6.45) is -0.182. The summed E-state index contributed by atoms with van der Waals surface area (Å²) < 4.78 is 5.59. The fourth-order valence-corrected chi connectivity index (χ4v) is 1.23. The van der Waals surface area contributed by atoms with E-state index in [0.29, 0.717) is 12.5 Å². The third kappa shape index (κ3) is 3.48. The normalized spacial score (nSPS) is 13.1. The minimum absolute atomic E-state index is 0.0384. The lowest BCUT2D eigenvalue weighted by Gasteiger charge is -2.17. The fraction of sp³-hybridized carbons (Fsp3) is 0.500. The number of ether oxygens (including phenoxy) is 1. The van der Waals surface area contributed by atoms with Crippen molar-refractivity contribution in [3.05, 3.63) is 35.9 Å². The van der Waals surface area contributed by atoms with E-state index in [0.717, 1.165) is 5.56 Å². The lowest BCUT2D eigenvalue weighted by atomic mass is 10.1. The molecule has 0 aliphatic carbocycles. The van der Waals surface area contributed by atoms with Crippen LogP contribution in [0.3, 0.4) is 0 Å². The Bertz CT molecular complexity index is 244. The van der Waals surface area contributed by atoms with E-state index in [2.05, 4.69) is 13.8 Å². The number of aliphatic hydroxyl groups is 1. The number of rotatable bonds is 5. The summed E-state index contributed by atoms with van der Waals surface area (Å²) >= 11 is 0. The van der Waals surface area contributed by atoms with Crippen molar-refractivity contribution >= 4 is 0 Å². The highest BCUT2D eigenvalue weighted by atomic mass is 16.5. The molecule has 1 rings (SSSR count). The highest BCUT2D eigenvalue weighted by Gasteiger charge is 2.10. The molecule has 0 aromatic heterocycles. The Morgan fingerprint density at radius 2 is 1.86 bits per heavy atom. The lowest BCUT2D eigenvalue weighted by Crippen LogP contribution is -2.12. The first-order valence-corrected chi connectivity index (χ1v) is 5.01. The van der Waals surface area contributed by atoms with Crippen LogP contribution < -0.4 is 0 Å². The Morgan fingerprint density at radius 3 is 2.36 bits per heavy atom. The zero-order valence-electron chi connectivity index (χ0n) is 8.81. The molecule has 14 heavy (non-hydrogen) atoms. The van der Waals surface area contributed by atoms with E-state index in [1.807, 2.05) is 30.3 Å². The summed E-state index contributed by atoms with van der Waals surface area (Å²) in [5.74, 6) is 0.493. The van der Waals surface area contributed by atoms with Gasteiger partial charge in [0.2, 0.25) is 0 Å². The van der Waals surface area contributed by atoms with Crippen LogP contribution in [0.2, 0.25) is 0 Å². The number of aliphatic hydroxyl groups excluding tert-OH is 1. The molecular formula is C12H18O2. The average Bonchev–Trinajstić information content (AvgIpc) is 2.20. The van der Waals surface area contributed by atoms with Crippen LogP contribution in [0.1, 0.15) is 25.5 Å². The molecule has 1 aromatic carbocycles. The quantitative estimate of drug-likeness (QED) is 0.780. The lowest BCUT2D eigenvalue weighted by molar-refractivity contribution is -0.00112. The Kier molecular flexibility index (Phi) is 4.63. The molecule has 1 aromatic rings. The zero-order chi connectivity index (χ0) is 10.4. The summed E-state index contributed by atoms with van der Waals surface area (Å²) in [6, 6.07) is 9.82. The molecule has 2 nitrogen and oxygen atoms in total. The summed E-state index contributed by atoms with van der Waals surface area (Å²) in [5.41, 5.74) is 1.04. The van der Waals surface area contributed by atoms with Crippen LogP contribution in [-0.2, 0) is 4.74 Å². The molecule has 0 spiro atoms. The van der Waals surface area contributed by atoms with Crippen molar-refractivity contribution in [2.45, 2.75) is 20.0 Å². The van der Waals surface area contributed by atoms with E-state index in [9.17, 15) is 0 Å².